The van der Waals surface area contributed by atoms with Crippen LogP contribution in [-0.2, 0) is 4.79 Å². The summed E-state index contributed by atoms with van der Waals surface area (Å²) in [7, 11) is 0. The maximum absolute atomic E-state index is 13.0. The largest absolute Gasteiger partial charge is 0.399 e. The minimum absolute atomic E-state index is 0.131. The molecule has 0 heterocycles. The van der Waals surface area contributed by atoms with Gasteiger partial charge >= 0.3 is 0 Å². The number of nitrogen functional groups attached to an aromatic ring is 1. The SMILES string of the molecule is CCC(=O)Nc1cc(N)ccc1F. The summed E-state index contributed by atoms with van der Waals surface area (Å²) in [5, 5.41) is 2.41. The van der Waals surface area contributed by atoms with Crippen molar-refractivity contribution in [3.8, 4) is 0 Å². The molecule has 0 aliphatic heterocycles. The summed E-state index contributed by atoms with van der Waals surface area (Å²) in [5.74, 6) is -0.708. The molecule has 3 nitrogen and oxygen atoms in total. The fraction of sp³-hybridized carbons (Fsp3) is 0.222. The van der Waals surface area contributed by atoms with Crippen molar-refractivity contribution in [3.05, 3.63) is 24.0 Å². The summed E-state index contributed by atoms with van der Waals surface area (Å²) in [6.07, 6.45) is 0.314. The van der Waals surface area contributed by atoms with Crippen LogP contribution in [0.25, 0.3) is 0 Å². The fourth-order valence-corrected chi connectivity index (χ4v) is 0.877. The number of nitrogens with two attached hydrogens (primary N) is 1. The molecule has 0 unspecified atom stereocenters. The van der Waals surface area contributed by atoms with Crippen LogP contribution in [0.1, 0.15) is 13.3 Å². The van der Waals surface area contributed by atoms with Crippen molar-refractivity contribution >= 4 is 17.3 Å². The van der Waals surface area contributed by atoms with Crippen LogP contribution in [0, 0.1) is 5.82 Å². The number of rotatable bonds is 2. The van der Waals surface area contributed by atoms with Gasteiger partial charge in [0.1, 0.15) is 5.82 Å². The summed E-state index contributed by atoms with van der Waals surface area (Å²) in [6, 6.07) is 4.06. The van der Waals surface area contributed by atoms with Gasteiger partial charge < -0.3 is 11.1 Å². The maximum Gasteiger partial charge on any atom is 0.224 e. The number of nitrogens with one attached hydrogen (secondary N) is 1. The van der Waals surface area contributed by atoms with E-state index >= 15 is 0 Å². The number of halogens is 1. The van der Waals surface area contributed by atoms with Crippen LogP contribution in [0.2, 0.25) is 0 Å². The van der Waals surface area contributed by atoms with Gasteiger partial charge in [-0.05, 0) is 18.2 Å². The van der Waals surface area contributed by atoms with Gasteiger partial charge in [0.25, 0.3) is 0 Å². The second-order valence-electron chi connectivity index (χ2n) is 2.64. The standard InChI is InChI=1S/C9H11FN2O/c1-2-9(13)12-8-5-6(11)3-4-7(8)10/h3-5H,2,11H2,1H3,(H,12,13). The zero-order valence-corrected chi connectivity index (χ0v) is 7.30. The van der Waals surface area contributed by atoms with Gasteiger partial charge in [0, 0.05) is 12.1 Å². The van der Waals surface area contributed by atoms with E-state index in [9.17, 15) is 9.18 Å². The van der Waals surface area contributed by atoms with E-state index in [2.05, 4.69) is 5.32 Å². The third-order valence-corrected chi connectivity index (χ3v) is 1.59. The average molecular weight is 182 g/mol. The number of benzene rings is 1. The second-order valence-corrected chi connectivity index (χ2v) is 2.64. The smallest absolute Gasteiger partial charge is 0.224 e. The third kappa shape index (κ3) is 2.43. The van der Waals surface area contributed by atoms with E-state index in [1.807, 2.05) is 0 Å². The summed E-state index contributed by atoms with van der Waals surface area (Å²) in [6.45, 7) is 1.69. The highest BCUT2D eigenvalue weighted by Crippen LogP contribution is 2.17. The monoisotopic (exact) mass is 182 g/mol. The lowest BCUT2D eigenvalue weighted by Crippen LogP contribution is -2.10. The summed E-state index contributed by atoms with van der Waals surface area (Å²) in [4.78, 5) is 10.9. The van der Waals surface area contributed by atoms with E-state index in [1.165, 1.54) is 18.2 Å². The molecule has 1 amide bonds. The van der Waals surface area contributed by atoms with E-state index in [0.29, 0.717) is 12.1 Å². The summed E-state index contributed by atoms with van der Waals surface area (Å²) < 4.78 is 13.0. The van der Waals surface area contributed by atoms with Crippen molar-refractivity contribution in [3.63, 3.8) is 0 Å². The van der Waals surface area contributed by atoms with Gasteiger partial charge in [-0.25, -0.2) is 4.39 Å². The van der Waals surface area contributed by atoms with Crippen LogP contribution in [0.5, 0.6) is 0 Å². The van der Waals surface area contributed by atoms with E-state index < -0.39 is 5.82 Å². The lowest BCUT2D eigenvalue weighted by Gasteiger charge is -2.05. The molecule has 13 heavy (non-hydrogen) atoms. The Bertz CT molecular complexity index is 325. The topological polar surface area (TPSA) is 55.1 Å². The van der Waals surface area contributed by atoms with Gasteiger partial charge in [-0.15, -0.1) is 0 Å². The molecule has 1 aromatic carbocycles. The molecular weight excluding hydrogens is 171 g/mol. The van der Waals surface area contributed by atoms with Gasteiger partial charge in [0.15, 0.2) is 0 Å². The van der Waals surface area contributed by atoms with Gasteiger partial charge in [-0.3, -0.25) is 4.79 Å². The Morgan fingerprint density at radius 3 is 2.92 bits per heavy atom. The molecule has 0 saturated heterocycles. The molecule has 4 heteroatoms. The summed E-state index contributed by atoms with van der Waals surface area (Å²) >= 11 is 0. The summed E-state index contributed by atoms with van der Waals surface area (Å²) in [5.41, 5.74) is 5.98. The molecule has 0 bridgehead atoms. The van der Waals surface area contributed by atoms with Crippen molar-refractivity contribution < 1.29 is 9.18 Å². The lowest BCUT2D eigenvalue weighted by molar-refractivity contribution is -0.115. The Morgan fingerprint density at radius 1 is 1.62 bits per heavy atom. The number of carbonyl (C=O) groups excluding carboxylic acids is 1. The van der Waals surface area contributed by atoms with E-state index in [1.54, 1.807) is 6.92 Å². The van der Waals surface area contributed by atoms with E-state index in [-0.39, 0.29) is 11.6 Å². The van der Waals surface area contributed by atoms with E-state index in [4.69, 9.17) is 5.73 Å². The van der Waals surface area contributed by atoms with Crippen LogP contribution in [0.3, 0.4) is 0 Å². The van der Waals surface area contributed by atoms with Crippen LogP contribution in [0.15, 0.2) is 18.2 Å². The molecule has 70 valence electrons. The van der Waals surface area contributed by atoms with Gasteiger partial charge in [-0.2, -0.15) is 0 Å². The first-order chi connectivity index (χ1) is 6.13. The number of hydrogen-bond acceptors (Lipinski definition) is 2. The van der Waals surface area contributed by atoms with Gasteiger partial charge in [-0.1, -0.05) is 6.92 Å². The Hall–Kier alpha value is -1.58. The molecular formula is C9H11FN2O. The molecule has 1 aromatic rings. The highest BCUT2D eigenvalue weighted by molar-refractivity contribution is 5.91. The molecule has 0 aliphatic carbocycles. The molecule has 0 fully saturated rings. The van der Waals surface area contributed by atoms with Crippen molar-refractivity contribution in [2.24, 2.45) is 0 Å². The minimum atomic E-state index is -0.476. The first-order valence-corrected chi connectivity index (χ1v) is 3.98. The predicted molar refractivity (Wildman–Crippen MR) is 49.7 cm³/mol. The first-order valence-electron chi connectivity index (χ1n) is 3.98. The van der Waals surface area contributed by atoms with Crippen LogP contribution >= 0.6 is 0 Å². The fourth-order valence-electron chi connectivity index (χ4n) is 0.877. The van der Waals surface area contributed by atoms with Crippen molar-refractivity contribution in [2.45, 2.75) is 13.3 Å². The lowest BCUT2D eigenvalue weighted by atomic mass is 10.2. The number of hydrogen-bond donors (Lipinski definition) is 2. The second kappa shape index (κ2) is 3.89. The molecule has 0 saturated carbocycles. The number of carbonyl (C=O) groups is 1. The number of amides is 1. The normalized spacial score (nSPS) is 9.69. The van der Waals surface area contributed by atoms with Gasteiger partial charge in [0.2, 0.25) is 5.91 Å². The quantitative estimate of drug-likeness (QED) is 0.684. The number of anilines is 2. The van der Waals surface area contributed by atoms with Crippen molar-refractivity contribution in [2.75, 3.05) is 11.1 Å². The Kier molecular flexibility index (Phi) is 2.84. The Labute approximate surface area is 75.7 Å². The average Bonchev–Trinajstić information content (AvgIpc) is 2.11. The van der Waals surface area contributed by atoms with Crippen molar-refractivity contribution in [1.29, 1.82) is 0 Å². The molecule has 3 N–H and O–H groups in total. The zero-order valence-electron chi connectivity index (χ0n) is 7.30. The minimum Gasteiger partial charge on any atom is -0.399 e. The molecule has 0 spiro atoms. The molecule has 0 aliphatic rings. The van der Waals surface area contributed by atoms with Crippen LogP contribution in [0.4, 0.5) is 15.8 Å². The molecule has 0 radical (unpaired) electrons. The van der Waals surface area contributed by atoms with E-state index in [0.717, 1.165) is 0 Å². The van der Waals surface area contributed by atoms with Crippen molar-refractivity contribution in [1.82, 2.24) is 0 Å². The van der Waals surface area contributed by atoms with Crippen LogP contribution < -0.4 is 11.1 Å². The highest BCUT2D eigenvalue weighted by atomic mass is 19.1. The maximum atomic E-state index is 13.0. The van der Waals surface area contributed by atoms with Gasteiger partial charge in [0.05, 0.1) is 5.69 Å². The first kappa shape index (κ1) is 9.51. The molecule has 0 atom stereocenters. The Morgan fingerprint density at radius 2 is 2.31 bits per heavy atom. The highest BCUT2D eigenvalue weighted by Gasteiger charge is 2.04. The Balaban J connectivity index is 2.87. The molecule has 1 rings (SSSR count). The zero-order chi connectivity index (χ0) is 9.84. The third-order valence-electron chi connectivity index (χ3n) is 1.59. The predicted octanol–water partition coefficient (Wildman–Crippen LogP) is 1.76. The molecule has 0 aromatic heterocycles. The van der Waals surface area contributed by atoms with Crippen LogP contribution in [-0.4, -0.2) is 5.91 Å².